The average molecular weight is 237 g/mol. The number of hydrogen-bond donors (Lipinski definition) is 3. The number of hydrogen-bond acceptors (Lipinski definition) is 6. The van der Waals surface area contributed by atoms with Gasteiger partial charge in [0, 0.05) is 12.7 Å². The zero-order valence-electron chi connectivity index (χ0n) is 9.48. The van der Waals surface area contributed by atoms with Crippen LogP contribution in [0.5, 0.6) is 0 Å². The van der Waals surface area contributed by atoms with Crippen LogP contribution in [0.1, 0.15) is 6.92 Å². The van der Waals surface area contributed by atoms with Crippen molar-refractivity contribution >= 4 is 17.2 Å². The Morgan fingerprint density at radius 3 is 3.00 bits per heavy atom. The van der Waals surface area contributed by atoms with E-state index in [1.54, 1.807) is 30.3 Å². The molecule has 7 nitrogen and oxygen atoms in total. The first-order valence-corrected chi connectivity index (χ1v) is 5.29. The third kappa shape index (κ3) is 2.02. The van der Waals surface area contributed by atoms with E-state index < -0.39 is 6.23 Å². The number of nitrogen functional groups attached to an aromatic ring is 1. The van der Waals surface area contributed by atoms with Crippen molar-refractivity contribution in [2.45, 2.75) is 13.2 Å². The number of nitrogens with two attached hydrogens (primary N) is 1. The molecular formula is C10H15N5O2. The number of aliphatic hydroxyl groups is 2. The third-order valence-electron chi connectivity index (χ3n) is 2.51. The Morgan fingerprint density at radius 1 is 1.59 bits per heavy atom. The van der Waals surface area contributed by atoms with Gasteiger partial charge in [-0.3, -0.25) is 0 Å². The predicted octanol–water partition coefficient (Wildman–Crippen LogP) is -0.552. The third-order valence-corrected chi connectivity index (χ3v) is 2.51. The first-order chi connectivity index (χ1) is 8.15. The molecule has 0 saturated carbocycles. The van der Waals surface area contributed by atoms with E-state index in [1.807, 2.05) is 0 Å². The first-order valence-electron chi connectivity index (χ1n) is 5.29. The second kappa shape index (κ2) is 4.56. The summed E-state index contributed by atoms with van der Waals surface area (Å²) >= 11 is 0. The largest absolute Gasteiger partial charge is 0.395 e. The fourth-order valence-electron chi connectivity index (χ4n) is 1.72. The van der Waals surface area contributed by atoms with Crippen LogP contribution in [-0.4, -0.2) is 44.2 Å². The first kappa shape index (κ1) is 11.6. The van der Waals surface area contributed by atoms with Gasteiger partial charge < -0.3 is 20.8 Å². The van der Waals surface area contributed by atoms with Crippen LogP contribution < -0.4 is 10.6 Å². The molecule has 4 N–H and O–H groups in total. The minimum Gasteiger partial charge on any atom is -0.395 e. The van der Waals surface area contributed by atoms with Crippen molar-refractivity contribution in [3.63, 3.8) is 0 Å². The maximum absolute atomic E-state index is 9.66. The Hall–Kier alpha value is -1.86. The highest BCUT2D eigenvalue weighted by Crippen LogP contribution is 2.22. The molecule has 0 fully saturated rings. The standard InChI is InChI=1S/C10H15N5O2/c1-7(17)14(4-5-16)8-6-13-15-9(11)2-3-12-10(8)15/h2-3,6-7,16-17H,4-5,11H2,1H3. The maximum Gasteiger partial charge on any atom is 0.181 e. The molecule has 92 valence electrons. The number of nitrogens with zero attached hydrogens (tertiary/aromatic N) is 4. The van der Waals surface area contributed by atoms with Gasteiger partial charge in [0.05, 0.1) is 12.8 Å². The quantitative estimate of drug-likeness (QED) is 0.617. The lowest BCUT2D eigenvalue weighted by molar-refractivity contribution is 0.178. The highest BCUT2D eigenvalue weighted by Gasteiger charge is 2.17. The summed E-state index contributed by atoms with van der Waals surface area (Å²) in [6.07, 6.45) is 2.41. The zero-order chi connectivity index (χ0) is 12.4. The van der Waals surface area contributed by atoms with E-state index in [1.165, 1.54) is 4.52 Å². The number of anilines is 2. The Balaban J connectivity index is 2.50. The molecule has 2 aromatic rings. The number of rotatable bonds is 4. The normalized spacial score (nSPS) is 12.9. The predicted molar refractivity (Wildman–Crippen MR) is 63.5 cm³/mol. The molecule has 1 atom stereocenters. The van der Waals surface area contributed by atoms with Gasteiger partial charge in [-0.15, -0.1) is 0 Å². The molecule has 2 aromatic heterocycles. The monoisotopic (exact) mass is 237 g/mol. The second-order valence-corrected chi connectivity index (χ2v) is 3.68. The molecule has 0 radical (unpaired) electrons. The van der Waals surface area contributed by atoms with Crippen LogP contribution in [0.3, 0.4) is 0 Å². The van der Waals surface area contributed by atoms with Gasteiger partial charge in [0.15, 0.2) is 5.65 Å². The fraction of sp³-hybridized carbons (Fsp3) is 0.400. The van der Waals surface area contributed by atoms with Crippen LogP contribution in [0.4, 0.5) is 11.5 Å². The molecule has 1 unspecified atom stereocenters. The molecule has 0 aliphatic rings. The van der Waals surface area contributed by atoms with E-state index in [9.17, 15) is 5.11 Å². The SMILES string of the molecule is CC(O)N(CCO)c1cnn2c(N)ccnc12. The van der Waals surface area contributed by atoms with Gasteiger partial charge in [-0.25, -0.2) is 4.98 Å². The number of aliphatic hydroxyl groups excluding tert-OH is 2. The molecular weight excluding hydrogens is 222 g/mol. The van der Waals surface area contributed by atoms with Gasteiger partial charge in [0.2, 0.25) is 0 Å². The minimum absolute atomic E-state index is 0.0649. The number of fused-ring (bicyclic) bond motifs is 1. The lowest BCUT2D eigenvalue weighted by Gasteiger charge is -2.25. The zero-order valence-corrected chi connectivity index (χ0v) is 9.48. The van der Waals surface area contributed by atoms with E-state index in [4.69, 9.17) is 10.8 Å². The van der Waals surface area contributed by atoms with Gasteiger partial charge in [0.25, 0.3) is 0 Å². The van der Waals surface area contributed by atoms with E-state index >= 15 is 0 Å². The molecule has 0 saturated heterocycles. The molecule has 0 amide bonds. The molecule has 0 aliphatic heterocycles. The summed E-state index contributed by atoms with van der Waals surface area (Å²) in [6, 6.07) is 1.64. The van der Waals surface area contributed by atoms with Crippen LogP contribution in [0.25, 0.3) is 5.65 Å². The van der Waals surface area contributed by atoms with Gasteiger partial charge >= 0.3 is 0 Å². The highest BCUT2D eigenvalue weighted by molar-refractivity contribution is 5.69. The van der Waals surface area contributed by atoms with E-state index in [2.05, 4.69) is 10.1 Å². The molecule has 17 heavy (non-hydrogen) atoms. The Bertz CT molecular complexity index is 510. The Morgan fingerprint density at radius 2 is 2.35 bits per heavy atom. The van der Waals surface area contributed by atoms with Gasteiger partial charge in [0.1, 0.15) is 17.7 Å². The summed E-state index contributed by atoms with van der Waals surface area (Å²) in [4.78, 5) is 5.78. The lowest BCUT2D eigenvalue weighted by Crippen LogP contribution is -2.35. The lowest BCUT2D eigenvalue weighted by atomic mass is 10.4. The number of aromatic nitrogens is 3. The van der Waals surface area contributed by atoms with Crippen LogP contribution in [0.15, 0.2) is 18.5 Å². The second-order valence-electron chi connectivity index (χ2n) is 3.68. The Labute approximate surface area is 98.1 Å². The van der Waals surface area contributed by atoms with Crippen molar-refractivity contribution in [3.05, 3.63) is 18.5 Å². The van der Waals surface area contributed by atoms with Crippen molar-refractivity contribution in [1.29, 1.82) is 0 Å². The van der Waals surface area contributed by atoms with Crippen LogP contribution >= 0.6 is 0 Å². The molecule has 2 rings (SSSR count). The summed E-state index contributed by atoms with van der Waals surface area (Å²) in [6.45, 7) is 1.85. The highest BCUT2D eigenvalue weighted by atomic mass is 16.3. The molecule has 2 heterocycles. The summed E-state index contributed by atoms with van der Waals surface area (Å²) in [5, 5.41) is 22.7. The smallest absolute Gasteiger partial charge is 0.181 e. The minimum atomic E-state index is -0.738. The molecule has 0 spiro atoms. The molecule has 0 bridgehead atoms. The topological polar surface area (TPSA) is 99.9 Å². The summed E-state index contributed by atoms with van der Waals surface area (Å²) < 4.78 is 1.49. The molecule has 0 aliphatic carbocycles. The van der Waals surface area contributed by atoms with Crippen LogP contribution in [0.2, 0.25) is 0 Å². The van der Waals surface area contributed by atoms with Crippen LogP contribution in [0, 0.1) is 0 Å². The van der Waals surface area contributed by atoms with Crippen molar-refractivity contribution in [3.8, 4) is 0 Å². The summed E-state index contributed by atoms with van der Waals surface area (Å²) in [5.74, 6) is 0.468. The van der Waals surface area contributed by atoms with Crippen LogP contribution in [-0.2, 0) is 0 Å². The van der Waals surface area contributed by atoms with Crippen molar-refractivity contribution < 1.29 is 10.2 Å². The van der Waals surface area contributed by atoms with Gasteiger partial charge in [-0.05, 0) is 13.0 Å². The van der Waals surface area contributed by atoms with E-state index in [-0.39, 0.29) is 6.61 Å². The van der Waals surface area contributed by atoms with Gasteiger partial charge in [-0.2, -0.15) is 9.61 Å². The molecule has 7 heteroatoms. The van der Waals surface area contributed by atoms with Crippen molar-refractivity contribution in [1.82, 2.24) is 14.6 Å². The maximum atomic E-state index is 9.66. The van der Waals surface area contributed by atoms with E-state index in [0.717, 1.165) is 0 Å². The Kier molecular flexibility index (Phi) is 3.12. The summed E-state index contributed by atoms with van der Waals surface area (Å²) in [5.41, 5.74) is 6.94. The van der Waals surface area contributed by atoms with Gasteiger partial charge in [-0.1, -0.05) is 0 Å². The van der Waals surface area contributed by atoms with Crippen molar-refractivity contribution in [2.24, 2.45) is 0 Å². The van der Waals surface area contributed by atoms with E-state index in [0.29, 0.717) is 23.7 Å². The average Bonchev–Trinajstić information content (AvgIpc) is 2.70. The molecule has 0 aromatic carbocycles. The van der Waals surface area contributed by atoms with Crippen molar-refractivity contribution in [2.75, 3.05) is 23.8 Å². The fourth-order valence-corrected chi connectivity index (χ4v) is 1.72. The summed E-state index contributed by atoms with van der Waals surface area (Å²) in [7, 11) is 0.